The van der Waals surface area contributed by atoms with Crippen molar-refractivity contribution in [1.29, 1.82) is 0 Å². The van der Waals surface area contributed by atoms with Crippen LogP contribution in [0.3, 0.4) is 0 Å². The van der Waals surface area contributed by atoms with Gasteiger partial charge in [-0.1, -0.05) is 47.5 Å². The van der Waals surface area contributed by atoms with Gasteiger partial charge in [-0.3, -0.25) is 0 Å². The van der Waals surface area contributed by atoms with Crippen LogP contribution in [-0.4, -0.2) is 0 Å². The summed E-state index contributed by atoms with van der Waals surface area (Å²) in [5.74, 6) is 0. The summed E-state index contributed by atoms with van der Waals surface area (Å²) < 4.78 is 0. The second-order valence-corrected chi connectivity index (χ2v) is 6.17. The van der Waals surface area contributed by atoms with Crippen molar-refractivity contribution in [3.05, 3.63) is 69.7 Å². The van der Waals surface area contributed by atoms with E-state index < -0.39 is 0 Å². The van der Waals surface area contributed by atoms with Gasteiger partial charge in [0.15, 0.2) is 0 Å². The second-order valence-electron chi connectivity index (χ2n) is 5.74. The fourth-order valence-electron chi connectivity index (χ4n) is 3.07. The fraction of sp³-hybridized carbons (Fsp3) is 0.333. The molecule has 2 atom stereocenters. The predicted molar refractivity (Wildman–Crippen MR) is 85.2 cm³/mol. The van der Waals surface area contributed by atoms with Gasteiger partial charge in [0, 0.05) is 17.1 Å². The van der Waals surface area contributed by atoms with Crippen molar-refractivity contribution in [3.63, 3.8) is 0 Å². The minimum Gasteiger partial charge on any atom is -0.303 e. The van der Waals surface area contributed by atoms with Crippen molar-refractivity contribution < 1.29 is 0 Å². The minimum atomic E-state index is 0.310. The summed E-state index contributed by atoms with van der Waals surface area (Å²) in [5, 5.41) is 4.55. The number of aryl methyl sites for hydroxylation is 2. The molecule has 20 heavy (non-hydrogen) atoms. The molecule has 0 saturated heterocycles. The fourth-order valence-corrected chi connectivity index (χ4v) is 3.27. The first-order valence-corrected chi connectivity index (χ1v) is 7.62. The molecule has 0 bridgehead atoms. The van der Waals surface area contributed by atoms with Crippen molar-refractivity contribution in [2.24, 2.45) is 0 Å². The van der Waals surface area contributed by atoms with E-state index in [0.29, 0.717) is 12.1 Å². The maximum absolute atomic E-state index is 6.08. The van der Waals surface area contributed by atoms with Gasteiger partial charge in [0.1, 0.15) is 0 Å². The third kappa shape index (κ3) is 2.74. The summed E-state index contributed by atoms with van der Waals surface area (Å²) in [6.45, 7) is 4.37. The van der Waals surface area contributed by atoms with Crippen LogP contribution < -0.4 is 5.32 Å². The van der Waals surface area contributed by atoms with Crippen molar-refractivity contribution in [2.75, 3.05) is 0 Å². The lowest BCUT2D eigenvalue weighted by atomic mass is 10.0. The molecule has 1 nitrogen and oxygen atoms in total. The summed E-state index contributed by atoms with van der Waals surface area (Å²) in [6.07, 6.45) is 2.36. The topological polar surface area (TPSA) is 12.0 Å². The molecule has 1 N–H and O–H groups in total. The van der Waals surface area contributed by atoms with Crippen LogP contribution in [0.4, 0.5) is 0 Å². The Kier molecular flexibility index (Phi) is 3.82. The van der Waals surface area contributed by atoms with Crippen LogP contribution in [0, 0.1) is 6.92 Å². The first kappa shape index (κ1) is 13.7. The maximum atomic E-state index is 6.08. The molecule has 0 amide bonds. The zero-order valence-corrected chi connectivity index (χ0v) is 12.7. The number of benzene rings is 2. The van der Waals surface area contributed by atoms with Gasteiger partial charge < -0.3 is 5.32 Å². The first-order valence-electron chi connectivity index (χ1n) is 7.24. The average molecular weight is 286 g/mol. The zero-order valence-electron chi connectivity index (χ0n) is 12.0. The molecular formula is C18H20ClN. The number of halogens is 1. The molecule has 1 unspecified atom stereocenters. The molecule has 0 fully saturated rings. The lowest BCUT2D eigenvalue weighted by Gasteiger charge is -2.21. The van der Waals surface area contributed by atoms with Gasteiger partial charge in [-0.05, 0) is 55.5 Å². The molecule has 1 aliphatic rings. The van der Waals surface area contributed by atoms with Gasteiger partial charge in [-0.15, -0.1) is 0 Å². The van der Waals surface area contributed by atoms with Crippen LogP contribution in [-0.2, 0) is 6.42 Å². The van der Waals surface area contributed by atoms with Gasteiger partial charge in [0.05, 0.1) is 0 Å². The van der Waals surface area contributed by atoms with Crippen LogP contribution in [0.1, 0.15) is 47.7 Å². The summed E-state index contributed by atoms with van der Waals surface area (Å²) in [5.41, 5.74) is 5.55. The van der Waals surface area contributed by atoms with Crippen LogP contribution in [0.25, 0.3) is 0 Å². The summed E-state index contributed by atoms with van der Waals surface area (Å²) in [7, 11) is 0. The van der Waals surface area contributed by atoms with E-state index >= 15 is 0 Å². The molecular weight excluding hydrogens is 266 g/mol. The van der Waals surface area contributed by atoms with Crippen LogP contribution in [0.5, 0.6) is 0 Å². The SMILES string of the molecule is Cc1ccc2c(c1)C(N[C@H](C)c1cccc(Cl)c1)CC2. The molecule has 0 aliphatic heterocycles. The smallest absolute Gasteiger partial charge is 0.0409 e. The molecule has 0 aromatic heterocycles. The Labute approximate surface area is 126 Å². The van der Waals surface area contributed by atoms with Gasteiger partial charge in [0.25, 0.3) is 0 Å². The van der Waals surface area contributed by atoms with Crippen LogP contribution >= 0.6 is 11.6 Å². The number of hydrogen-bond acceptors (Lipinski definition) is 1. The van der Waals surface area contributed by atoms with E-state index in [4.69, 9.17) is 11.6 Å². The van der Waals surface area contributed by atoms with E-state index in [2.05, 4.69) is 43.4 Å². The molecule has 0 heterocycles. The van der Waals surface area contributed by atoms with Crippen molar-refractivity contribution in [1.82, 2.24) is 5.32 Å². The van der Waals surface area contributed by atoms with Gasteiger partial charge in [0.2, 0.25) is 0 Å². The van der Waals surface area contributed by atoms with E-state index in [9.17, 15) is 0 Å². The molecule has 2 aromatic carbocycles. The Morgan fingerprint density at radius 3 is 2.85 bits per heavy atom. The molecule has 3 rings (SSSR count). The minimum absolute atomic E-state index is 0.310. The normalized spacial score (nSPS) is 18.9. The van der Waals surface area contributed by atoms with Gasteiger partial charge in [-0.25, -0.2) is 0 Å². The molecule has 104 valence electrons. The highest BCUT2D eigenvalue weighted by molar-refractivity contribution is 6.30. The Balaban J connectivity index is 1.78. The highest BCUT2D eigenvalue weighted by Gasteiger charge is 2.23. The Morgan fingerprint density at radius 2 is 2.05 bits per heavy atom. The van der Waals surface area contributed by atoms with E-state index in [-0.39, 0.29) is 0 Å². The second kappa shape index (κ2) is 5.59. The van der Waals surface area contributed by atoms with Crippen LogP contribution in [0.2, 0.25) is 5.02 Å². The number of rotatable bonds is 3. The summed E-state index contributed by atoms with van der Waals surface area (Å²) in [4.78, 5) is 0. The highest BCUT2D eigenvalue weighted by atomic mass is 35.5. The third-order valence-electron chi connectivity index (χ3n) is 4.18. The monoisotopic (exact) mass is 285 g/mol. The van der Waals surface area contributed by atoms with Gasteiger partial charge >= 0.3 is 0 Å². The van der Waals surface area contributed by atoms with E-state index in [1.54, 1.807) is 0 Å². The molecule has 0 saturated carbocycles. The number of nitrogens with one attached hydrogen (secondary N) is 1. The molecule has 2 heteroatoms. The van der Waals surface area contributed by atoms with Crippen molar-refractivity contribution in [2.45, 2.75) is 38.8 Å². The Morgan fingerprint density at radius 1 is 1.20 bits per heavy atom. The van der Waals surface area contributed by atoms with Gasteiger partial charge in [-0.2, -0.15) is 0 Å². The predicted octanol–water partition coefficient (Wildman–Crippen LogP) is 4.99. The van der Waals surface area contributed by atoms with Crippen molar-refractivity contribution in [3.8, 4) is 0 Å². The zero-order chi connectivity index (χ0) is 14.1. The molecule has 0 radical (unpaired) electrons. The standard InChI is InChI=1S/C18H20ClN/c1-12-6-7-14-8-9-18(17(14)10-12)20-13(2)15-4-3-5-16(19)11-15/h3-7,10-11,13,18,20H,8-9H2,1-2H3/t13-,18?/m1/s1. The average Bonchev–Trinajstić information content (AvgIpc) is 2.81. The Bertz CT molecular complexity index is 621. The number of fused-ring (bicyclic) bond motifs is 1. The van der Waals surface area contributed by atoms with E-state index in [0.717, 1.165) is 5.02 Å². The third-order valence-corrected chi connectivity index (χ3v) is 4.41. The lowest BCUT2D eigenvalue weighted by molar-refractivity contribution is 0.465. The molecule has 2 aromatic rings. The number of hydrogen-bond donors (Lipinski definition) is 1. The maximum Gasteiger partial charge on any atom is 0.0409 e. The van der Waals surface area contributed by atoms with E-state index in [1.165, 1.54) is 35.1 Å². The Hall–Kier alpha value is -1.31. The summed E-state index contributed by atoms with van der Waals surface area (Å²) in [6, 6.07) is 15.7. The molecule has 0 spiro atoms. The van der Waals surface area contributed by atoms with E-state index in [1.807, 2.05) is 18.2 Å². The van der Waals surface area contributed by atoms with Crippen LogP contribution in [0.15, 0.2) is 42.5 Å². The lowest BCUT2D eigenvalue weighted by Crippen LogP contribution is -2.23. The molecule has 1 aliphatic carbocycles. The highest BCUT2D eigenvalue weighted by Crippen LogP contribution is 2.33. The quantitative estimate of drug-likeness (QED) is 0.838. The first-order chi connectivity index (χ1) is 9.63. The summed E-state index contributed by atoms with van der Waals surface area (Å²) >= 11 is 6.08. The van der Waals surface area contributed by atoms with Crippen molar-refractivity contribution >= 4 is 11.6 Å². The largest absolute Gasteiger partial charge is 0.303 e.